The second kappa shape index (κ2) is 12.5. The minimum absolute atomic E-state index is 0.244. The van der Waals surface area contributed by atoms with Gasteiger partial charge in [0.2, 0.25) is 0 Å². The molecule has 158 valence electrons. The van der Waals surface area contributed by atoms with Gasteiger partial charge >= 0.3 is 0 Å². The second-order valence-corrected chi connectivity index (χ2v) is 7.15. The van der Waals surface area contributed by atoms with Crippen molar-refractivity contribution in [1.82, 2.24) is 20.5 Å². The lowest BCUT2D eigenvalue weighted by atomic mass is 10.2. The van der Waals surface area contributed by atoms with Gasteiger partial charge in [0.05, 0.1) is 12.7 Å². The standard InChI is InChI=1S/C20H36N6O2/c1-17-16-26(11-13-28-17)19-14-18(6-7-22-19)15-24-20(21-2)23-8-10-25(3)9-5-12-27-4/h6-7,14,17H,5,8-13,15-16H2,1-4H3,(H2,21,23,24). The van der Waals surface area contributed by atoms with Crippen LogP contribution in [0.5, 0.6) is 0 Å². The van der Waals surface area contributed by atoms with Crippen LogP contribution >= 0.6 is 0 Å². The van der Waals surface area contributed by atoms with Crippen molar-refractivity contribution in [2.24, 2.45) is 4.99 Å². The first kappa shape index (κ1) is 22.4. The van der Waals surface area contributed by atoms with Crippen LogP contribution in [0.25, 0.3) is 0 Å². The smallest absolute Gasteiger partial charge is 0.191 e. The van der Waals surface area contributed by atoms with Gasteiger partial charge in [0.25, 0.3) is 0 Å². The van der Waals surface area contributed by atoms with E-state index >= 15 is 0 Å². The molecule has 1 aromatic heterocycles. The monoisotopic (exact) mass is 392 g/mol. The minimum atomic E-state index is 0.244. The molecule has 0 bridgehead atoms. The fourth-order valence-corrected chi connectivity index (χ4v) is 3.13. The van der Waals surface area contributed by atoms with Gasteiger partial charge in [-0.3, -0.25) is 4.99 Å². The molecule has 0 saturated carbocycles. The normalized spacial score (nSPS) is 17.8. The molecule has 1 aliphatic heterocycles. The summed E-state index contributed by atoms with van der Waals surface area (Å²) in [6, 6.07) is 4.18. The highest BCUT2D eigenvalue weighted by Gasteiger charge is 2.18. The first-order chi connectivity index (χ1) is 13.6. The lowest BCUT2D eigenvalue weighted by molar-refractivity contribution is 0.0529. The number of guanidine groups is 1. The van der Waals surface area contributed by atoms with E-state index in [2.05, 4.69) is 50.4 Å². The van der Waals surface area contributed by atoms with E-state index in [4.69, 9.17) is 9.47 Å². The molecule has 1 unspecified atom stereocenters. The van der Waals surface area contributed by atoms with Crippen LogP contribution < -0.4 is 15.5 Å². The molecule has 2 N–H and O–H groups in total. The summed E-state index contributed by atoms with van der Waals surface area (Å²) in [7, 11) is 5.66. The Bertz CT molecular complexity index is 598. The van der Waals surface area contributed by atoms with E-state index in [0.29, 0.717) is 6.54 Å². The largest absolute Gasteiger partial charge is 0.385 e. The van der Waals surface area contributed by atoms with Crippen molar-refractivity contribution in [3.05, 3.63) is 23.9 Å². The summed E-state index contributed by atoms with van der Waals surface area (Å²) in [6.45, 7) is 8.96. The Labute approximate surface area is 169 Å². The van der Waals surface area contributed by atoms with E-state index < -0.39 is 0 Å². The molecular formula is C20H36N6O2. The molecule has 1 aliphatic rings. The zero-order chi connectivity index (χ0) is 20.2. The van der Waals surface area contributed by atoms with Crippen LogP contribution in [-0.4, -0.2) is 89.1 Å². The van der Waals surface area contributed by atoms with Gasteiger partial charge in [0.15, 0.2) is 5.96 Å². The number of morpholine rings is 1. The number of hydrogen-bond donors (Lipinski definition) is 2. The third kappa shape index (κ3) is 8.00. The molecule has 28 heavy (non-hydrogen) atoms. The van der Waals surface area contributed by atoms with E-state index in [1.807, 2.05) is 12.3 Å². The Balaban J connectivity index is 1.74. The Morgan fingerprint density at radius 2 is 2.29 bits per heavy atom. The van der Waals surface area contributed by atoms with Crippen LogP contribution in [0, 0.1) is 0 Å². The SMILES string of the molecule is CN=C(NCCN(C)CCCOC)NCc1ccnc(N2CCOC(C)C2)c1. The molecule has 0 aromatic carbocycles. The second-order valence-electron chi connectivity index (χ2n) is 7.15. The fourth-order valence-electron chi connectivity index (χ4n) is 3.13. The zero-order valence-electron chi connectivity index (χ0n) is 17.8. The van der Waals surface area contributed by atoms with Crippen LogP contribution in [0.4, 0.5) is 5.82 Å². The summed E-state index contributed by atoms with van der Waals surface area (Å²) in [5.41, 5.74) is 1.18. The topological polar surface area (TPSA) is 74.2 Å². The van der Waals surface area contributed by atoms with Gasteiger partial charge in [-0.1, -0.05) is 0 Å². The molecule has 1 atom stereocenters. The summed E-state index contributed by atoms with van der Waals surface area (Å²) >= 11 is 0. The van der Waals surface area contributed by atoms with Crippen molar-refractivity contribution in [2.75, 3.05) is 72.0 Å². The molecule has 8 heteroatoms. The van der Waals surface area contributed by atoms with Gasteiger partial charge < -0.3 is 29.9 Å². The molecule has 0 radical (unpaired) electrons. The number of pyridine rings is 1. The van der Waals surface area contributed by atoms with E-state index in [1.54, 1.807) is 14.2 Å². The lowest BCUT2D eigenvalue weighted by Crippen LogP contribution is -2.42. The Kier molecular flexibility index (Phi) is 10.0. The third-order valence-electron chi connectivity index (χ3n) is 4.73. The van der Waals surface area contributed by atoms with Crippen LogP contribution in [0.15, 0.2) is 23.3 Å². The molecule has 1 saturated heterocycles. The van der Waals surface area contributed by atoms with Crippen molar-refractivity contribution in [3.63, 3.8) is 0 Å². The lowest BCUT2D eigenvalue weighted by Gasteiger charge is -2.32. The van der Waals surface area contributed by atoms with Gasteiger partial charge in [-0.05, 0) is 38.1 Å². The molecule has 0 spiro atoms. The van der Waals surface area contributed by atoms with Gasteiger partial charge in [0, 0.05) is 66.2 Å². The average Bonchev–Trinajstić information content (AvgIpc) is 2.71. The Morgan fingerprint density at radius 3 is 3.04 bits per heavy atom. The highest BCUT2D eigenvalue weighted by atomic mass is 16.5. The number of rotatable bonds is 10. The third-order valence-corrected chi connectivity index (χ3v) is 4.73. The van der Waals surface area contributed by atoms with Gasteiger partial charge in [0.1, 0.15) is 5.82 Å². The molecule has 8 nitrogen and oxygen atoms in total. The maximum absolute atomic E-state index is 5.62. The van der Waals surface area contributed by atoms with Crippen LogP contribution in [0.2, 0.25) is 0 Å². The number of aliphatic imine (C=N–C) groups is 1. The van der Waals surface area contributed by atoms with Crippen LogP contribution in [0.3, 0.4) is 0 Å². The first-order valence-electron chi connectivity index (χ1n) is 10.1. The molecule has 2 heterocycles. The zero-order valence-corrected chi connectivity index (χ0v) is 17.8. The summed E-state index contributed by atoms with van der Waals surface area (Å²) < 4.78 is 10.7. The highest BCUT2D eigenvalue weighted by Crippen LogP contribution is 2.16. The fraction of sp³-hybridized carbons (Fsp3) is 0.700. The summed E-state index contributed by atoms with van der Waals surface area (Å²) in [5.74, 6) is 1.82. The summed E-state index contributed by atoms with van der Waals surface area (Å²) in [4.78, 5) is 13.4. The number of hydrogen-bond acceptors (Lipinski definition) is 6. The molecular weight excluding hydrogens is 356 g/mol. The first-order valence-corrected chi connectivity index (χ1v) is 10.1. The van der Waals surface area contributed by atoms with E-state index in [-0.39, 0.29) is 6.10 Å². The maximum Gasteiger partial charge on any atom is 0.191 e. The molecule has 2 rings (SSSR count). The highest BCUT2D eigenvalue weighted by molar-refractivity contribution is 5.79. The molecule has 0 aliphatic carbocycles. The molecule has 1 fully saturated rings. The quantitative estimate of drug-likeness (QED) is 0.349. The number of likely N-dealkylation sites (N-methyl/N-ethyl adjacent to an activating group) is 1. The van der Waals surface area contributed by atoms with Crippen molar-refractivity contribution in [2.45, 2.75) is 26.0 Å². The summed E-state index contributed by atoms with van der Waals surface area (Å²) in [6.07, 6.45) is 3.16. The number of ether oxygens (including phenoxy) is 2. The minimum Gasteiger partial charge on any atom is -0.385 e. The van der Waals surface area contributed by atoms with E-state index in [1.165, 1.54) is 5.56 Å². The van der Waals surface area contributed by atoms with Crippen molar-refractivity contribution < 1.29 is 9.47 Å². The molecule has 0 amide bonds. The van der Waals surface area contributed by atoms with Crippen molar-refractivity contribution in [3.8, 4) is 0 Å². The predicted molar refractivity (Wildman–Crippen MR) is 114 cm³/mol. The Morgan fingerprint density at radius 1 is 1.43 bits per heavy atom. The number of methoxy groups -OCH3 is 1. The summed E-state index contributed by atoms with van der Waals surface area (Å²) in [5, 5.41) is 6.75. The van der Waals surface area contributed by atoms with E-state index in [9.17, 15) is 0 Å². The van der Waals surface area contributed by atoms with Gasteiger partial charge in [-0.25, -0.2) is 4.98 Å². The molecule has 1 aromatic rings. The van der Waals surface area contributed by atoms with Crippen molar-refractivity contribution in [1.29, 1.82) is 0 Å². The predicted octanol–water partition coefficient (Wildman–Crippen LogP) is 0.940. The van der Waals surface area contributed by atoms with Crippen molar-refractivity contribution >= 4 is 11.8 Å². The van der Waals surface area contributed by atoms with E-state index in [0.717, 1.165) is 64.1 Å². The number of anilines is 1. The maximum atomic E-state index is 5.62. The number of nitrogens with zero attached hydrogens (tertiary/aromatic N) is 4. The Hall–Kier alpha value is -1.90. The van der Waals surface area contributed by atoms with Crippen LogP contribution in [-0.2, 0) is 16.0 Å². The van der Waals surface area contributed by atoms with Crippen LogP contribution in [0.1, 0.15) is 18.9 Å². The van der Waals surface area contributed by atoms with Gasteiger partial charge in [-0.2, -0.15) is 0 Å². The van der Waals surface area contributed by atoms with Gasteiger partial charge in [-0.15, -0.1) is 0 Å². The number of aromatic nitrogens is 1. The number of nitrogens with one attached hydrogen (secondary N) is 2. The average molecular weight is 393 g/mol.